The number of piperidine rings is 1. The lowest BCUT2D eigenvalue weighted by molar-refractivity contribution is 0.0594. The molecule has 0 saturated carbocycles. The number of aromatic nitrogens is 1. The third-order valence-electron chi connectivity index (χ3n) is 3.65. The number of methoxy groups -OCH3 is 1. The molecule has 2 heterocycles. The minimum absolute atomic E-state index is 0.00140. The van der Waals surface area contributed by atoms with Crippen molar-refractivity contribution in [3.05, 3.63) is 18.0 Å². The Morgan fingerprint density at radius 3 is 2.83 bits per heavy atom. The number of esters is 1. The average molecular weight is 344 g/mol. The van der Waals surface area contributed by atoms with E-state index in [1.54, 1.807) is 0 Å². The van der Waals surface area contributed by atoms with E-state index in [-0.39, 0.29) is 29.2 Å². The fourth-order valence-corrected chi connectivity index (χ4v) is 3.95. The highest BCUT2D eigenvalue weighted by Crippen LogP contribution is 2.21. The Hall–Kier alpha value is -2.07. The van der Waals surface area contributed by atoms with Crippen molar-refractivity contribution >= 4 is 22.0 Å². The SMILES string of the molecule is CNC(=O)NC1CCCN(S(=O)(=O)c2c[nH]c(C(=O)OC)c2)C1. The van der Waals surface area contributed by atoms with Gasteiger partial charge < -0.3 is 20.4 Å². The van der Waals surface area contributed by atoms with E-state index in [0.717, 1.165) is 0 Å². The lowest BCUT2D eigenvalue weighted by Gasteiger charge is -2.31. The second-order valence-electron chi connectivity index (χ2n) is 5.17. The second-order valence-corrected chi connectivity index (χ2v) is 7.10. The zero-order valence-corrected chi connectivity index (χ0v) is 13.8. The molecule has 1 unspecified atom stereocenters. The summed E-state index contributed by atoms with van der Waals surface area (Å²) < 4.78 is 31.1. The van der Waals surface area contributed by atoms with Crippen LogP contribution < -0.4 is 10.6 Å². The van der Waals surface area contributed by atoms with Crippen molar-refractivity contribution in [1.82, 2.24) is 19.9 Å². The fourth-order valence-electron chi connectivity index (χ4n) is 2.44. The summed E-state index contributed by atoms with van der Waals surface area (Å²) in [6.07, 6.45) is 2.61. The van der Waals surface area contributed by atoms with Crippen LogP contribution in [-0.2, 0) is 14.8 Å². The monoisotopic (exact) mass is 344 g/mol. The van der Waals surface area contributed by atoms with E-state index in [9.17, 15) is 18.0 Å². The first-order valence-corrected chi connectivity index (χ1v) is 8.57. The van der Waals surface area contributed by atoms with Gasteiger partial charge in [-0.15, -0.1) is 0 Å². The third kappa shape index (κ3) is 3.82. The van der Waals surface area contributed by atoms with Gasteiger partial charge in [0.15, 0.2) is 0 Å². The lowest BCUT2D eigenvalue weighted by atomic mass is 10.1. The minimum atomic E-state index is -3.74. The Balaban J connectivity index is 2.13. The highest BCUT2D eigenvalue weighted by atomic mass is 32.2. The Morgan fingerprint density at radius 1 is 1.43 bits per heavy atom. The topological polar surface area (TPSA) is 121 Å². The minimum Gasteiger partial charge on any atom is -0.464 e. The highest BCUT2D eigenvalue weighted by Gasteiger charge is 2.31. The zero-order valence-electron chi connectivity index (χ0n) is 13.0. The molecule has 0 bridgehead atoms. The van der Waals surface area contributed by atoms with E-state index in [0.29, 0.717) is 19.4 Å². The summed E-state index contributed by atoms with van der Waals surface area (Å²) in [5.41, 5.74) is 0.0723. The van der Waals surface area contributed by atoms with E-state index in [2.05, 4.69) is 20.4 Å². The summed E-state index contributed by atoms with van der Waals surface area (Å²) >= 11 is 0. The van der Waals surface area contributed by atoms with Crippen LogP contribution in [0.2, 0.25) is 0 Å². The Kier molecular flexibility index (Phi) is 5.26. The van der Waals surface area contributed by atoms with Crippen LogP contribution in [0.5, 0.6) is 0 Å². The molecule has 1 atom stereocenters. The van der Waals surface area contributed by atoms with E-state index in [4.69, 9.17) is 0 Å². The standard InChI is InChI=1S/C13H20N4O5S/c1-14-13(19)16-9-4-3-5-17(8-9)23(20,21)10-6-11(15-7-10)12(18)22-2/h6-7,9,15H,3-5,8H2,1-2H3,(H2,14,16,19). The van der Waals surface area contributed by atoms with Crippen LogP contribution in [-0.4, -0.2) is 63.0 Å². The van der Waals surface area contributed by atoms with Crippen LogP contribution in [0.4, 0.5) is 4.79 Å². The molecule has 0 spiro atoms. The van der Waals surface area contributed by atoms with Crippen molar-refractivity contribution < 1.29 is 22.7 Å². The van der Waals surface area contributed by atoms with Gasteiger partial charge in [-0.1, -0.05) is 0 Å². The summed E-state index contributed by atoms with van der Waals surface area (Å²) in [5.74, 6) is -0.635. The predicted molar refractivity (Wildman–Crippen MR) is 81.5 cm³/mol. The number of ether oxygens (including phenoxy) is 1. The molecule has 1 aromatic heterocycles. The first kappa shape index (κ1) is 17.3. The third-order valence-corrected chi connectivity index (χ3v) is 5.49. The van der Waals surface area contributed by atoms with Crippen LogP contribution in [0.25, 0.3) is 0 Å². The smallest absolute Gasteiger partial charge is 0.354 e. The Morgan fingerprint density at radius 2 is 2.17 bits per heavy atom. The number of H-pyrrole nitrogens is 1. The van der Waals surface area contributed by atoms with Crippen molar-refractivity contribution in [3.8, 4) is 0 Å². The largest absolute Gasteiger partial charge is 0.464 e. The molecule has 2 amide bonds. The molecule has 1 aromatic rings. The fraction of sp³-hybridized carbons (Fsp3) is 0.538. The van der Waals surface area contributed by atoms with Gasteiger partial charge in [0.05, 0.1) is 7.11 Å². The molecular formula is C13H20N4O5S. The maximum Gasteiger partial charge on any atom is 0.354 e. The number of hydrogen-bond donors (Lipinski definition) is 3. The van der Waals surface area contributed by atoms with Crippen LogP contribution >= 0.6 is 0 Å². The van der Waals surface area contributed by atoms with Crippen molar-refractivity contribution in [2.45, 2.75) is 23.8 Å². The lowest BCUT2D eigenvalue weighted by Crippen LogP contribution is -2.51. The van der Waals surface area contributed by atoms with Crippen LogP contribution in [0.15, 0.2) is 17.2 Å². The number of sulfonamides is 1. The van der Waals surface area contributed by atoms with Gasteiger partial charge in [-0.25, -0.2) is 18.0 Å². The highest BCUT2D eigenvalue weighted by molar-refractivity contribution is 7.89. The summed E-state index contributed by atoms with van der Waals surface area (Å²) in [6, 6.07) is 0.651. The normalized spacial score (nSPS) is 19.1. The molecule has 1 aliphatic rings. The number of nitrogens with zero attached hydrogens (tertiary/aromatic N) is 1. The summed E-state index contributed by atoms with van der Waals surface area (Å²) in [7, 11) is -1.02. The van der Waals surface area contributed by atoms with Gasteiger partial charge >= 0.3 is 12.0 Å². The van der Waals surface area contributed by atoms with Gasteiger partial charge in [0, 0.05) is 32.4 Å². The molecule has 1 aliphatic heterocycles. The molecule has 23 heavy (non-hydrogen) atoms. The van der Waals surface area contributed by atoms with Crippen molar-refractivity contribution in [2.75, 3.05) is 27.2 Å². The molecule has 0 aliphatic carbocycles. The molecule has 2 rings (SSSR count). The maximum atomic E-state index is 12.6. The summed E-state index contributed by atoms with van der Waals surface area (Å²) in [4.78, 5) is 25.4. The van der Waals surface area contributed by atoms with Crippen molar-refractivity contribution in [2.24, 2.45) is 0 Å². The first-order valence-electron chi connectivity index (χ1n) is 7.13. The van der Waals surface area contributed by atoms with Gasteiger partial charge in [-0.3, -0.25) is 0 Å². The molecule has 10 heteroatoms. The van der Waals surface area contributed by atoms with Crippen LogP contribution in [0.1, 0.15) is 23.3 Å². The van der Waals surface area contributed by atoms with E-state index in [1.807, 2.05) is 0 Å². The first-order chi connectivity index (χ1) is 10.9. The van der Waals surface area contributed by atoms with Crippen LogP contribution in [0.3, 0.4) is 0 Å². The average Bonchev–Trinajstić information content (AvgIpc) is 3.05. The molecule has 9 nitrogen and oxygen atoms in total. The van der Waals surface area contributed by atoms with Crippen molar-refractivity contribution in [3.63, 3.8) is 0 Å². The number of carbonyl (C=O) groups excluding carboxylic acids is 2. The Labute approximate surface area is 134 Å². The van der Waals surface area contributed by atoms with Gasteiger partial charge in [0.25, 0.3) is 0 Å². The quantitative estimate of drug-likeness (QED) is 0.658. The second kappa shape index (κ2) is 7.01. The zero-order chi connectivity index (χ0) is 17.0. The number of aromatic amines is 1. The number of carbonyl (C=O) groups is 2. The predicted octanol–water partition coefficient (Wildman–Crippen LogP) is -0.117. The molecular weight excluding hydrogens is 324 g/mol. The molecule has 0 radical (unpaired) electrons. The number of urea groups is 1. The Bertz CT molecular complexity index is 684. The maximum absolute atomic E-state index is 12.6. The number of hydrogen-bond acceptors (Lipinski definition) is 5. The number of rotatable bonds is 4. The molecule has 1 fully saturated rings. The van der Waals surface area contributed by atoms with Crippen molar-refractivity contribution in [1.29, 1.82) is 0 Å². The van der Waals surface area contributed by atoms with Crippen LogP contribution in [0, 0.1) is 0 Å². The van der Waals surface area contributed by atoms with Gasteiger partial charge in [-0.2, -0.15) is 4.31 Å². The van der Waals surface area contributed by atoms with E-state index < -0.39 is 16.0 Å². The number of amides is 2. The molecule has 3 N–H and O–H groups in total. The molecule has 1 saturated heterocycles. The molecule has 128 valence electrons. The summed E-state index contributed by atoms with van der Waals surface area (Å²) in [5, 5.41) is 5.16. The van der Waals surface area contributed by atoms with Gasteiger partial charge in [-0.05, 0) is 18.9 Å². The number of nitrogens with one attached hydrogen (secondary N) is 3. The van der Waals surface area contributed by atoms with E-state index >= 15 is 0 Å². The summed E-state index contributed by atoms with van der Waals surface area (Å²) in [6.45, 7) is 0.557. The van der Waals surface area contributed by atoms with Gasteiger partial charge in [0.1, 0.15) is 10.6 Å². The van der Waals surface area contributed by atoms with Gasteiger partial charge in [0.2, 0.25) is 10.0 Å². The van der Waals surface area contributed by atoms with E-state index in [1.165, 1.54) is 30.7 Å². The molecule has 0 aromatic carbocycles.